The molecule has 5 aromatic carbocycles. The van der Waals surface area contributed by atoms with Crippen LogP contribution in [0.25, 0.3) is 10.8 Å². The Labute approximate surface area is 466 Å². The molecule has 10 atom stereocenters. The first kappa shape index (κ1) is 60.7. The minimum atomic E-state index is -1.70. The normalized spacial score (nSPS) is 23.6. The second-order valence-electron chi connectivity index (χ2n) is 19.5. The molecular formula is C57H70N10O10S2. The number of aliphatic hydroxyl groups is 1. The third-order valence-electron chi connectivity index (χ3n) is 13.4. The summed E-state index contributed by atoms with van der Waals surface area (Å²) in [6, 6.07) is 25.9. The maximum absolute atomic E-state index is 15.1. The lowest BCUT2D eigenvalue weighted by molar-refractivity contribution is -0.141. The standard InChI is InChI=1S/C57H70N10O10S2/c1-33(39-23-22-38-17-9-10-18-40(38)30-39)48-55(74)61-43(19-11-12-26-58)51(70)67-49(34(2)68)56(75)64-45(28-36-15-7-4-8-16-36)53(72)65-47(57(76)77)32-79-78-31-42(60)50(69)62-44(27-35-13-5-3-6-14-35)52(71)63-46(54(73)66-48)29-37-20-24-41(59)25-21-37/h3-10,13-18,20-25,30,33-34,42-49,68H,11-12,19,26-29,31-32,58-60H2,1-2H3,(H,61,74)(H,62,69)(H,63,71)(H,64,75)(H,65,72)(H,66,73)(H,67,70)(H,76,77)/t33-,34-,42+,43+,44+,45+,46+,47+,48+,49+/m1/s1. The number of benzene rings is 5. The van der Waals surface area contributed by atoms with E-state index >= 15 is 9.59 Å². The van der Waals surface area contributed by atoms with Crippen molar-refractivity contribution >= 4 is 85.4 Å². The summed E-state index contributed by atoms with van der Waals surface area (Å²) in [7, 11) is 2.06. The highest BCUT2D eigenvalue weighted by Crippen LogP contribution is 2.26. The second-order valence-corrected chi connectivity index (χ2v) is 22.1. The van der Waals surface area contributed by atoms with E-state index in [-0.39, 0.29) is 43.7 Å². The summed E-state index contributed by atoms with van der Waals surface area (Å²) in [6.07, 6.45) is -1.07. The smallest absolute Gasteiger partial charge is 0.327 e. The molecule has 420 valence electrons. The number of aliphatic carboxylic acids is 1. The zero-order valence-corrected chi connectivity index (χ0v) is 45.6. The number of carboxylic acids is 1. The van der Waals surface area contributed by atoms with E-state index in [1.54, 1.807) is 91.9 Å². The lowest BCUT2D eigenvalue weighted by Crippen LogP contribution is -2.62. The quantitative estimate of drug-likeness (QED) is 0.0430. The molecule has 5 aromatic rings. The average molecular weight is 1120 g/mol. The van der Waals surface area contributed by atoms with Crippen LogP contribution in [0.15, 0.2) is 127 Å². The van der Waals surface area contributed by atoms with Crippen molar-refractivity contribution in [3.05, 3.63) is 150 Å². The molecule has 1 saturated heterocycles. The number of aliphatic hydroxyl groups excluding tert-OH is 1. The summed E-state index contributed by atoms with van der Waals surface area (Å²) in [5.41, 5.74) is 21.2. The minimum Gasteiger partial charge on any atom is -0.480 e. The van der Waals surface area contributed by atoms with Gasteiger partial charge in [-0.25, -0.2) is 4.79 Å². The fourth-order valence-electron chi connectivity index (χ4n) is 8.83. The van der Waals surface area contributed by atoms with E-state index in [9.17, 15) is 39.0 Å². The monoisotopic (exact) mass is 1120 g/mol. The summed E-state index contributed by atoms with van der Waals surface area (Å²) in [6.45, 7) is 3.22. The van der Waals surface area contributed by atoms with Gasteiger partial charge in [-0.1, -0.05) is 144 Å². The number of unbranched alkanes of at least 4 members (excludes halogenated alkanes) is 1. The van der Waals surface area contributed by atoms with Crippen LogP contribution in [0.2, 0.25) is 0 Å². The maximum atomic E-state index is 15.1. The van der Waals surface area contributed by atoms with E-state index in [1.165, 1.54) is 6.92 Å². The molecule has 1 heterocycles. The third-order valence-corrected chi connectivity index (χ3v) is 15.9. The van der Waals surface area contributed by atoms with Crippen LogP contribution in [-0.2, 0) is 57.6 Å². The minimum absolute atomic E-state index is 0.00609. The molecule has 79 heavy (non-hydrogen) atoms. The van der Waals surface area contributed by atoms with Gasteiger partial charge < -0.3 is 64.6 Å². The SMILES string of the molecule is C[C@H](c1ccc2ccccc2c1)[C@@H]1NC(=O)[C@H](Cc2ccc(N)cc2)NC(=O)[C@H](Cc2ccccc2)NC(=O)[C@@H](N)CSSC[C@@H](C(=O)O)NC(=O)[C@H](Cc2ccccc2)NC(=O)[C@H]([C@@H](C)O)NC(=O)[C@H](CCCCN)NC1=O. The molecule has 0 bridgehead atoms. The topological polar surface area (TPSA) is 339 Å². The number of carbonyl (C=O) groups excluding carboxylic acids is 7. The van der Waals surface area contributed by atoms with Gasteiger partial charge in [0.15, 0.2) is 0 Å². The number of hydrogen-bond acceptors (Lipinski definition) is 14. The van der Waals surface area contributed by atoms with E-state index < -0.39 is 108 Å². The largest absolute Gasteiger partial charge is 0.480 e. The fourth-order valence-corrected chi connectivity index (χ4v) is 11.1. The molecule has 0 unspecified atom stereocenters. The maximum Gasteiger partial charge on any atom is 0.327 e. The lowest BCUT2D eigenvalue weighted by Gasteiger charge is -2.31. The van der Waals surface area contributed by atoms with Crippen molar-refractivity contribution in [3.63, 3.8) is 0 Å². The van der Waals surface area contributed by atoms with Crippen molar-refractivity contribution in [2.45, 2.75) is 113 Å². The molecule has 0 aliphatic carbocycles. The Hall–Kier alpha value is -7.50. The van der Waals surface area contributed by atoms with Crippen molar-refractivity contribution < 1.29 is 48.6 Å². The zero-order valence-electron chi connectivity index (χ0n) is 44.0. The van der Waals surface area contributed by atoms with Crippen LogP contribution in [0.3, 0.4) is 0 Å². The highest BCUT2D eigenvalue weighted by atomic mass is 33.1. The van der Waals surface area contributed by atoms with Crippen LogP contribution < -0.4 is 54.4 Å². The van der Waals surface area contributed by atoms with Gasteiger partial charge in [-0.05, 0) is 77.9 Å². The third kappa shape index (κ3) is 18.3. The fraction of sp³-hybridized carbons (Fsp3) is 0.368. The average Bonchev–Trinajstić information content (AvgIpc) is 3.44. The summed E-state index contributed by atoms with van der Waals surface area (Å²) in [5.74, 6) is -8.34. The first-order valence-corrected chi connectivity index (χ1v) is 28.5. The van der Waals surface area contributed by atoms with E-state index in [0.717, 1.165) is 32.4 Å². The predicted molar refractivity (Wildman–Crippen MR) is 306 cm³/mol. The van der Waals surface area contributed by atoms with Crippen LogP contribution in [0.5, 0.6) is 0 Å². The molecule has 0 radical (unpaired) electrons. The van der Waals surface area contributed by atoms with Gasteiger partial charge >= 0.3 is 5.97 Å². The molecule has 0 saturated carbocycles. The summed E-state index contributed by atoms with van der Waals surface area (Å²) in [5, 5.41) is 42.0. The summed E-state index contributed by atoms with van der Waals surface area (Å²) in [4.78, 5) is 114. The van der Waals surface area contributed by atoms with E-state index in [1.807, 2.05) is 42.5 Å². The van der Waals surface area contributed by atoms with Gasteiger partial charge in [0.1, 0.15) is 42.3 Å². The Balaban J connectivity index is 1.42. The Morgan fingerprint density at radius 2 is 1.01 bits per heavy atom. The molecule has 0 aromatic heterocycles. The Kier molecular flexibility index (Phi) is 23.1. The zero-order chi connectivity index (χ0) is 57.0. The Bertz CT molecular complexity index is 2890. The molecule has 20 nitrogen and oxygen atoms in total. The van der Waals surface area contributed by atoms with Crippen LogP contribution in [0.1, 0.15) is 61.3 Å². The number of nitrogen functional groups attached to an aromatic ring is 1. The molecule has 1 fully saturated rings. The van der Waals surface area contributed by atoms with Crippen molar-refractivity contribution in [2.75, 3.05) is 23.8 Å². The number of amides is 7. The molecule has 7 amide bonds. The van der Waals surface area contributed by atoms with Crippen molar-refractivity contribution in [1.82, 2.24) is 37.2 Å². The van der Waals surface area contributed by atoms with Crippen molar-refractivity contribution in [1.29, 1.82) is 0 Å². The van der Waals surface area contributed by atoms with Gasteiger partial charge in [0, 0.05) is 42.4 Å². The number of fused-ring (bicyclic) bond motifs is 1. The van der Waals surface area contributed by atoms with E-state index in [4.69, 9.17) is 17.2 Å². The van der Waals surface area contributed by atoms with Crippen LogP contribution >= 0.6 is 21.6 Å². The molecule has 6 rings (SSSR count). The van der Waals surface area contributed by atoms with Crippen LogP contribution in [0, 0.1) is 0 Å². The number of nitrogens with two attached hydrogens (primary N) is 3. The van der Waals surface area contributed by atoms with Crippen molar-refractivity contribution in [3.8, 4) is 0 Å². The first-order chi connectivity index (χ1) is 37.9. The number of nitrogens with one attached hydrogen (secondary N) is 7. The summed E-state index contributed by atoms with van der Waals surface area (Å²) < 4.78 is 0. The van der Waals surface area contributed by atoms with E-state index in [0.29, 0.717) is 40.8 Å². The Morgan fingerprint density at radius 1 is 0.544 bits per heavy atom. The predicted octanol–water partition coefficient (Wildman–Crippen LogP) is 1.96. The number of hydrogen-bond donors (Lipinski definition) is 12. The number of carbonyl (C=O) groups is 8. The van der Waals surface area contributed by atoms with Crippen LogP contribution in [-0.4, -0.2) is 130 Å². The highest BCUT2D eigenvalue weighted by Gasteiger charge is 2.38. The van der Waals surface area contributed by atoms with Gasteiger partial charge in [0.2, 0.25) is 41.4 Å². The molecule has 0 spiro atoms. The molecule has 22 heteroatoms. The molecule has 1 aliphatic rings. The molecular weight excluding hydrogens is 1050 g/mol. The molecule has 1 aliphatic heterocycles. The van der Waals surface area contributed by atoms with Gasteiger partial charge in [0.25, 0.3) is 0 Å². The molecule has 15 N–H and O–H groups in total. The first-order valence-electron chi connectivity index (χ1n) is 26.0. The van der Waals surface area contributed by atoms with Gasteiger partial charge in [-0.2, -0.15) is 0 Å². The number of anilines is 1. The second kappa shape index (κ2) is 30.0. The van der Waals surface area contributed by atoms with Crippen LogP contribution in [0.4, 0.5) is 5.69 Å². The van der Waals surface area contributed by atoms with Gasteiger partial charge in [-0.3, -0.25) is 33.6 Å². The van der Waals surface area contributed by atoms with E-state index in [2.05, 4.69) is 37.2 Å². The van der Waals surface area contributed by atoms with Gasteiger partial charge in [0.05, 0.1) is 12.1 Å². The van der Waals surface area contributed by atoms with Gasteiger partial charge in [-0.15, -0.1) is 0 Å². The lowest BCUT2D eigenvalue weighted by atomic mass is 9.90. The van der Waals surface area contributed by atoms with Crippen molar-refractivity contribution in [2.24, 2.45) is 11.5 Å². The number of rotatable bonds is 14. The highest BCUT2D eigenvalue weighted by molar-refractivity contribution is 8.76. The Morgan fingerprint density at radius 3 is 1.59 bits per heavy atom. The number of carboxylic acid groups (broad SMARTS) is 1. The summed E-state index contributed by atoms with van der Waals surface area (Å²) >= 11 is 0.